The van der Waals surface area contributed by atoms with Gasteiger partial charge in [0.15, 0.2) is 0 Å². The summed E-state index contributed by atoms with van der Waals surface area (Å²) in [7, 11) is 1.87. The van der Waals surface area contributed by atoms with E-state index in [1.807, 2.05) is 33.9 Å². The molecule has 1 atom stereocenters. The molecule has 1 aromatic carbocycles. The fraction of sp³-hybridized carbons (Fsp3) is 0.571. The molecular formula is C14H21BrFNO. The molecule has 1 rings (SSSR count). The molecule has 4 heteroatoms. The van der Waals surface area contributed by atoms with E-state index in [9.17, 15) is 4.39 Å². The molecule has 0 aliphatic rings. The number of ether oxygens (including phenoxy) is 1. The van der Waals surface area contributed by atoms with Crippen LogP contribution < -0.4 is 5.32 Å². The number of likely N-dealkylation sites (N-methyl/N-ethyl adjacent to an activating group) is 1. The topological polar surface area (TPSA) is 21.3 Å². The highest BCUT2D eigenvalue weighted by Crippen LogP contribution is 2.17. The Kier molecular flexibility index (Phi) is 5.76. The summed E-state index contributed by atoms with van der Waals surface area (Å²) < 4.78 is 20.2. The van der Waals surface area contributed by atoms with Crippen LogP contribution in [-0.4, -0.2) is 25.3 Å². The lowest BCUT2D eigenvalue weighted by Gasteiger charge is -2.24. The number of rotatable bonds is 5. The first-order valence-electron chi connectivity index (χ1n) is 6.07. The van der Waals surface area contributed by atoms with Gasteiger partial charge in [0.05, 0.1) is 12.2 Å². The lowest BCUT2D eigenvalue weighted by atomic mass is 10.1. The minimum atomic E-state index is -0.180. The lowest BCUT2D eigenvalue weighted by molar-refractivity contribution is -0.0135. The minimum absolute atomic E-state index is 0.111. The van der Waals surface area contributed by atoms with Crippen molar-refractivity contribution in [3.05, 3.63) is 34.1 Å². The van der Waals surface area contributed by atoms with Gasteiger partial charge in [0.2, 0.25) is 0 Å². The van der Waals surface area contributed by atoms with Crippen molar-refractivity contribution in [2.45, 2.75) is 38.8 Å². The molecule has 2 nitrogen and oxygen atoms in total. The van der Waals surface area contributed by atoms with E-state index in [0.29, 0.717) is 18.6 Å². The van der Waals surface area contributed by atoms with Crippen LogP contribution >= 0.6 is 15.9 Å². The number of hydrogen-bond acceptors (Lipinski definition) is 2. The summed E-state index contributed by atoms with van der Waals surface area (Å²) in [6.45, 7) is 6.61. The Bertz CT molecular complexity index is 390. The fourth-order valence-corrected chi connectivity index (χ4v) is 1.88. The van der Waals surface area contributed by atoms with Crippen LogP contribution in [0.3, 0.4) is 0 Å². The van der Waals surface area contributed by atoms with Crippen molar-refractivity contribution in [2.75, 3.05) is 13.7 Å². The molecule has 1 N–H and O–H groups in total. The standard InChI is InChI=1S/C14H21BrFNO/c1-14(2,3)18-9-12(17-4)7-10-5-6-11(15)8-13(10)16/h5-6,8,12,17H,7,9H2,1-4H3. The molecule has 1 unspecified atom stereocenters. The molecule has 0 aromatic heterocycles. The zero-order valence-corrected chi connectivity index (χ0v) is 13.0. The molecule has 0 amide bonds. The summed E-state index contributed by atoms with van der Waals surface area (Å²) in [5, 5.41) is 3.16. The third kappa shape index (κ3) is 5.46. The Balaban J connectivity index is 2.62. The predicted molar refractivity (Wildman–Crippen MR) is 76.4 cm³/mol. The Labute approximate surface area is 117 Å². The van der Waals surface area contributed by atoms with Crippen LogP contribution in [0.15, 0.2) is 22.7 Å². The second kappa shape index (κ2) is 6.64. The maximum Gasteiger partial charge on any atom is 0.127 e. The lowest BCUT2D eigenvalue weighted by Crippen LogP contribution is -2.36. The van der Waals surface area contributed by atoms with Gasteiger partial charge in [-0.3, -0.25) is 0 Å². The highest BCUT2D eigenvalue weighted by molar-refractivity contribution is 9.10. The van der Waals surface area contributed by atoms with Crippen LogP contribution in [-0.2, 0) is 11.2 Å². The van der Waals surface area contributed by atoms with E-state index < -0.39 is 0 Å². The van der Waals surface area contributed by atoms with Crippen molar-refractivity contribution in [3.8, 4) is 0 Å². The quantitative estimate of drug-likeness (QED) is 0.897. The van der Waals surface area contributed by atoms with Crippen LogP contribution in [0.4, 0.5) is 4.39 Å². The van der Waals surface area contributed by atoms with Crippen molar-refractivity contribution in [1.82, 2.24) is 5.32 Å². The van der Waals surface area contributed by atoms with E-state index in [4.69, 9.17) is 4.74 Å². The van der Waals surface area contributed by atoms with Crippen LogP contribution in [0, 0.1) is 5.82 Å². The molecule has 0 saturated carbocycles. The molecule has 0 radical (unpaired) electrons. The predicted octanol–water partition coefficient (Wildman–Crippen LogP) is 3.53. The molecule has 0 aliphatic heterocycles. The van der Waals surface area contributed by atoms with E-state index in [2.05, 4.69) is 21.2 Å². The monoisotopic (exact) mass is 317 g/mol. The van der Waals surface area contributed by atoms with Crippen LogP contribution in [0.2, 0.25) is 0 Å². The number of nitrogens with one attached hydrogen (secondary N) is 1. The first kappa shape index (κ1) is 15.6. The van der Waals surface area contributed by atoms with E-state index in [1.165, 1.54) is 6.07 Å². The molecule has 0 heterocycles. The van der Waals surface area contributed by atoms with Gasteiger partial charge in [0.1, 0.15) is 5.82 Å². The molecule has 102 valence electrons. The number of benzene rings is 1. The van der Waals surface area contributed by atoms with E-state index in [-0.39, 0.29) is 17.5 Å². The summed E-state index contributed by atoms with van der Waals surface area (Å²) >= 11 is 3.26. The van der Waals surface area contributed by atoms with Crippen LogP contribution in [0.5, 0.6) is 0 Å². The van der Waals surface area contributed by atoms with E-state index in [0.717, 1.165) is 4.47 Å². The summed E-state index contributed by atoms with van der Waals surface area (Å²) in [4.78, 5) is 0. The highest BCUT2D eigenvalue weighted by atomic mass is 79.9. The summed E-state index contributed by atoms with van der Waals surface area (Å²) in [5.41, 5.74) is 0.531. The Morgan fingerprint density at radius 2 is 2.06 bits per heavy atom. The number of halogens is 2. The molecule has 0 fully saturated rings. The van der Waals surface area contributed by atoms with Crippen LogP contribution in [0.25, 0.3) is 0 Å². The maximum atomic E-state index is 13.7. The molecular weight excluding hydrogens is 297 g/mol. The smallest absolute Gasteiger partial charge is 0.127 e. The van der Waals surface area contributed by atoms with Gasteiger partial charge in [-0.15, -0.1) is 0 Å². The van der Waals surface area contributed by atoms with E-state index >= 15 is 0 Å². The van der Waals surface area contributed by atoms with Crippen molar-refractivity contribution in [3.63, 3.8) is 0 Å². The molecule has 0 bridgehead atoms. The van der Waals surface area contributed by atoms with Gasteiger partial charge in [-0.2, -0.15) is 0 Å². The summed E-state index contributed by atoms with van der Waals surface area (Å²) in [6.07, 6.45) is 0.617. The minimum Gasteiger partial charge on any atom is -0.374 e. The van der Waals surface area contributed by atoms with Crippen molar-refractivity contribution in [2.24, 2.45) is 0 Å². The highest BCUT2D eigenvalue weighted by Gasteiger charge is 2.16. The van der Waals surface area contributed by atoms with Gasteiger partial charge >= 0.3 is 0 Å². The molecule has 1 aromatic rings. The van der Waals surface area contributed by atoms with Gasteiger partial charge in [-0.25, -0.2) is 4.39 Å². The SMILES string of the molecule is CNC(COC(C)(C)C)Cc1ccc(Br)cc1F. The van der Waals surface area contributed by atoms with Gasteiger partial charge in [0, 0.05) is 10.5 Å². The maximum absolute atomic E-state index is 13.7. The second-order valence-corrected chi connectivity index (χ2v) is 6.26. The van der Waals surface area contributed by atoms with Crippen molar-refractivity contribution < 1.29 is 9.13 Å². The zero-order valence-electron chi connectivity index (χ0n) is 11.4. The van der Waals surface area contributed by atoms with Gasteiger partial charge in [-0.1, -0.05) is 22.0 Å². The first-order valence-corrected chi connectivity index (χ1v) is 6.86. The average Bonchev–Trinajstić information content (AvgIpc) is 2.25. The van der Waals surface area contributed by atoms with Crippen LogP contribution in [0.1, 0.15) is 26.3 Å². The Morgan fingerprint density at radius 3 is 2.56 bits per heavy atom. The largest absolute Gasteiger partial charge is 0.374 e. The van der Waals surface area contributed by atoms with Gasteiger partial charge in [0.25, 0.3) is 0 Å². The molecule has 0 saturated heterocycles. The third-order valence-corrected chi connectivity index (χ3v) is 3.10. The van der Waals surface area contributed by atoms with Crippen molar-refractivity contribution in [1.29, 1.82) is 0 Å². The molecule has 0 spiro atoms. The van der Waals surface area contributed by atoms with Gasteiger partial charge in [-0.05, 0) is 51.9 Å². The fourth-order valence-electron chi connectivity index (χ4n) is 1.55. The molecule has 0 aliphatic carbocycles. The first-order chi connectivity index (χ1) is 8.31. The van der Waals surface area contributed by atoms with Gasteiger partial charge < -0.3 is 10.1 Å². The van der Waals surface area contributed by atoms with Crippen molar-refractivity contribution >= 4 is 15.9 Å². The zero-order chi connectivity index (χ0) is 13.8. The Morgan fingerprint density at radius 1 is 1.39 bits per heavy atom. The summed E-state index contributed by atoms with van der Waals surface area (Å²) in [5.74, 6) is -0.180. The summed E-state index contributed by atoms with van der Waals surface area (Å²) in [6, 6.07) is 5.27. The average molecular weight is 318 g/mol. The molecule has 18 heavy (non-hydrogen) atoms. The Hall–Kier alpha value is -0.450. The third-order valence-electron chi connectivity index (χ3n) is 2.61. The number of hydrogen-bond donors (Lipinski definition) is 1. The normalized spacial score (nSPS) is 13.7. The second-order valence-electron chi connectivity index (χ2n) is 5.35. The van der Waals surface area contributed by atoms with E-state index in [1.54, 1.807) is 6.07 Å².